The highest BCUT2D eigenvalue weighted by molar-refractivity contribution is 5.86. The molecule has 2 aromatic rings. The lowest BCUT2D eigenvalue weighted by molar-refractivity contribution is 0.105. The molecule has 18 heavy (non-hydrogen) atoms. The van der Waals surface area contributed by atoms with Crippen LogP contribution in [0.15, 0.2) is 18.6 Å². The average molecular weight is 246 g/mol. The zero-order chi connectivity index (χ0) is 12.8. The summed E-state index contributed by atoms with van der Waals surface area (Å²) in [6, 6.07) is 1.98. The van der Waals surface area contributed by atoms with E-state index in [4.69, 9.17) is 4.74 Å². The molecule has 1 aliphatic rings. The molecule has 0 amide bonds. The summed E-state index contributed by atoms with van der Waals surface area (Å²) < 4.78 is 7.64. The van der Waals surface area contributed by atoms with E-state index in [-0.39, 0.29) is 11.6 Å². The van der Waals surface area contributed by atoms with E-state index < -0.39 is 0 Å². The first kappa shape index (κ1) is 11.5. The molecule has 1 aliphatic heterocycles. The van der Waals surface area contributed by atoms with Gasteiger partial charge in [0.15, 0.2) is 5.82 Å². The number of aromatic nitrogens is 3. The SMILES string of the molecule is CC1OCCC1(C)Nc1nccc2c1ncn2C. The third-order valence-corrected chi connectivity index (χ3v) is 3.93. The Morgan fingerprint density at radius 1 is 1.50 bits per heavy atom. The minimum atomic E-state index is -0.0706. The van der Waals surface area contributed by atoms with Crippen molar-refractivity contribution < 1.29 is 4.74 Å². The van der Waals surface area contributed by atoms with Crippen LogP contribution in [0.25, 0.3) is 11.0 Å². The largest absolute Gasteiger partial charge is 0.376 e. The molecule has 1 saturated heterocycles. The Balaban J connectivity index is 2.00. The summed E-state index contributed by atoms with van der Waals surface area (Å²) in [6.07, 6.45) is 4.79. The van der Waals surface area contributed by atoms with Crippen molar-refractivity contribution in [1.29, 1.82) is 0 Å². The number of ether oxygens (including phenoxy) is 1. The predicted molar refractivity (Wildman–Crippen MR) is 70.6 cm³/mol. The van der Waals surface area contributed by atoms with E-state index in [1.165, 1.54) is 0 Å². The minimum absolute atomic E-state index is 0.0706. The number of fused-ring (bicyclic) bond motifs is 1. The van der Waals surface area contributed by atoms with Crippen molar-refractivity contribution in [1.82, 2.24) is 14.5 Å². The molecule has 2 aromatic heterocycles. The van der Waals surface area contributed by atoms with Crippen LogP contribution < -0.4 is 5.32 Å². The van der Waals surface area contributed by atoms with Crippen LogP contribution in [0, 0.1) is 0 Å². The van der Waals surface area contributed by atoms with Gasteiger partial charge in [-0.25, -0.2) is 9.97 Å². The van der Waals surface area contributed by atoms with Gasteiger partial charge in [0.05, 0.1) is 23.5 Å². The summed E-state index contributed by atoms with van der Waals surface area (Å²) in [5, 5.41) is 3.51. The summed E-state index contributed by atoms with van der Waals surface area (Å²) >= 11 is 0. The highest BCUT2D eigenvalue weighted by Crippen LogP contribution is 2.30. The fraction of sp³-hybridized carbons (Fsp3) is 0.538. The molecular formula is C13H18N4O. The topological polar surface area (TPSA) is 52.0 Å². The third-order valence-electron chi connectivity index (χ3n) is 3.93. The molecule has 2 atom stereocenters. The smallest absolute Gasteiger partial charge is 0.154 e. The molecule has 96 valence electrons. The van der Waals surface area contributed by atoms with Crippen LogP contribution in [0.5, 0.6) is 0 Å². The van der Waals surface area contributed by atoms with Gasteiger partial charge in [-0.2, -0.15) is 0 Å². The summed E-state index contributed by atoms with van der Waals surface area (Å²) in [5.74, 6) is 0.841. The highest BCUT2D eigenvalue weighted by atomic mass is 16.5. The molecule has 1 fully saturated rings. The maximum atomic E-state index is 5.64. The lowest BCUT2D eigenvalue weighted by Gasteiger charge is -2.29. The van der Waals surface area contributed by atoms with Crippen LogP contribution in [0.2, 0.25) is 0 Å². The number of pyridine rings is 1. The number of hydrogen-bond donors (Lipinski definition) is 1. The summed E-state index contributed by atoms with van der Waals surface area (Å²) in [7, 11) is 1.99. The van der Waals surface area contributed by atoms with Gasteiger partial charge in [0, 0.05) is 19.9 Å². The summed E-state index contributed by atoms with van der Waals surface area (Å²) in [6.45, 7) is 5.07. The second kappa shape index (κ2) is 3.95. The number of anilines is 1. The van der Waals surface area contributed by atoms with E-state index in [0.717, 1.165) is 29.9 Å². The second-order valence-electron chi connectivity index (χ2n) is 5.19. The van der Waals surface area contributed by atoms with Crippen molar-refractivity contribution in [2.75, 3.05) is 11.9 Å². The lowest BCUT2D eigenvalue weighted by atomic mass is 9.94. The van der Waals surface area contributed by atoms with Crippen molar-refractivity contribution >= 4 is 16.9 Å². The van der Waals surface area contributed by atoms with Gasteiger partial charge in [-0.1, -0.05) is 0 Å². The van der Waals surface area contributed by atoms with E-state index in [1.807, 2.05) is 30.2 Å². The first-order valence-corrected chi connectivity index (χ1v) is 6.26. The van der Waals surface area contributed by atoms with Crippen LogP contribution in [-0.2, 0) is 11.8 Å². The number of nitrogens with zero attached hydrogens (tertiary/aromatic N) is 3. The molecule has 0 aromatic carbocycles. The molecule has 5 heteroatoms. The Bertz CT molecular complexity index is 579. The van der Waals surface area contributed by atoms with Gasteiger partial charge in [0.1, 0.15) is 5.52 Å². The maximum Gasteiger partial charge on any atom is 0.154 e. The van der Waals surface area contributed by atoms with Gasteiger partial charge >= 0.3 is 0 Å². The first-order chi connectivity index (χ1) is 8.60. The Morgan fingerprint density at radius 2 is 2.33 bits per heavy atom. The average Bonchev–Trinajstić information content (AvgIpc) is 2.86. The Hall–Kier alpha value is -1.62. The molecule has 2 unspecified atom stereocenters. The number of imidazole rings is 1. The summed E-state index contributed by atoms with van der Waals surface area (Å²) in [5.41, 5.74) is 1.93. The van der Waals surface area contributed by atoms with E-state index in [9.17, 15) is 0 Å². The molecule has 1 N–H and O–H groups in total. The molecule has 0 saturated carbocycles. The zero-order valence-corrected chi connectivity index (χ0v) is 11.0. The van der Waals surface area contributed by atoms with Crippen molar-refractivity contribution in [3.05, 3.63) is 18.6 Å². The van der Waals surface area contributed by atoms with Crippen LogP contribution in [0.4, 0.5) is 5.82 Å². The van der Waals surface area contributed by atoms with E-state index in [0.29, 0.717) is 0 Å². The fourth-order valence-electron chi connectivity index (χ4n) is 2.42. The van der Waals surface area contributed by atoms with Gasteiger partial charge in [-0.15, -0.1) is 0 Å². The summed E-state index contributed by atoms with van der Waals surface area (Å²) in [4.78, 5) is 8.83. The second-order valence-corrected chi connectivity index (χ2v) is 5.19. The molecule has 0 spiro atoms. The molecular weight excluding hydrogens is 228 g/mol. The zero-order valence-electron chi connectivity index (χ0n) is 11.0. The van der Waals surface area contributed by atoms with E-state index in [1.54, 1.807) is 0 Å². The first-order valence-electron chi connectivity index (χ1n) is 6.26. The van der Waals surface area contributed by atoms with E-state index in [2.05, 4.69) is 29.1 Å². The van der Waals surface area contributed by atoms with E-state index >= 15 is 0 Å². The molecule has 5 nitrogen and oxygen atoms in total. The number of aryl methyl sites for hydroxylation is 1. The number of hydrogen-bond acceptors (Lipinski definition) is 4. The monoisotopic (exact) mass is 246 g/mol. The van der Waals surface area contributed by atoms with Gasteiger partial charge in [-0.05, 0) is 26.3 Å². The van der Waals surface area contributed by atoms with Gasteiger partial charge in [0.25, 0.3) is 0 Å². The normalized spacial score (nSPS) is 27.8. The molecule has 0 aliphatic carbocycles. The van der Waals surface area contributed by atoms with Gasteiger partial charge < -0.3 is 14.6 Å². The molecule has 3 rings (SSSR count). The fourth-order valence-corrected chi connectivity index (χ4v) is 2.42. The van der Waals surface area contributed by atoms with Crippen LogP contribution in [0.1, 0.15) is 20.3 Å². The minimum Gasteiger partial charge on any atom is -0.376 e. The van der Waals surface area contributed by atoms with Gasteiger partial charge in [-0.3, -0.25) is 0 Å². The molecule has 3 heterocycles. The quantitative estimate of drug-likeness (QED) is 0.880. The predicted octanol–water partition coefficient (Wildman–Crippen LogP) is 1.95. The van der Waals surface area contributed by atoms with Gasteiger partial charge in [0.2, 0.25) is 0 Å². The molecule has 0 bridgehead atoms. The number of rotatable bonds is 2. The molecule has 0 radical (unpaired) electrons. The lowest BCUT2D eigenvalue weighted by Crippen LogP contribution is -2.41. The van der Waals surface area contributed by atoms with Crippen LogP contribution in [-0.4, -0.2) is 32.8 Å². The number of nitrogens with one attached hydrogen (secondary N) is 1. The highest BCUT2D eigenvalue weighted by Gasteiger charge is 2.37. The van der Waals surface area contributed by atoms with Crippen molar-refractivity contribution in [3.8, 4) is 0 Å². The van der Waals surface area contributed by atoms with Crippen molar-refractivity contribution in [2.24, 2.45) is 7.05 Å². The maximum absolute atomic E-state index is 5.64. The standard InChI is InChI=1S/C13H18N4O/c1-9-13(2,5-7-18-9)16-12-11-10(4-6-14-12)17(3)8-15-11/h4,6,8-9H,5,7H2,1-3H3,(H,14,16). The third kappa shape index (κ3) is 1.66. The van der Waals surface area contributed by atoms with Crippen molar-refractivity contribution in [2.45, 2.75) is 31.9 Å². The van der Waals surface area contributed by atoms with Crippen LogP contribution >= 0.6 is 0 Å². The van der Waals surface area contributed by atoms with Crippen molar-refractivity contribution in [3.63, 3.8) is 0 Å². The Morgan fingerprint density at radius 3 is 3.06 bits per heavy atom. The van der Waals surface area contributed by atoms with Crippen LogP contribution in [0.3, 0.4) is 0 Å². The Kier molecular flexibility index (Phi) is 2.52. The Labute approximate surface area is 106 Å².